The van der Waals surface area contributed by atoms with E-state index in [9.17, 15) is 19.8 Å². The molecule has 11 rings (SSSR count). The van der Waals surface area contributed by atoms with Crippen molar-refractivity contribution in [3.8, 4) is 5.75 Å². The number of ether oxygens (including phenoxy) is 1. The lowest BCUT2D eigenvalue weighted by atomic mass is 9.49. The van der Waals surface area contributed by atoms with Gasteiger partial charge in [0.15, 0.2) is 5.76 Å². The van der Waals surface area contributed by atoms with Crippen LogP contribution in [0.4, 0.5) is 4.79 Å². The predicted molar refractivity (Wildman–Crippen MR) is 218 cm³/mol. The first kappa shape index (κ1) is 37.4. The molecular weight excluding hydrogens is 699 g/mol. The minimum atomic E-state index is -1.25. The number of ketones is 1. The maximum Gasteiger partial charge on any atom is 0.415 e. The average molecular weight is 756 g/mol. The number of hydrogen-bond donors (Lipinski definition) is 2. The minimum absolute atomic E-state index is 0.0402. The molecule has 7 aliphatic carbocycles. The van der Waals surface area contributed by atoms with Crippen molar-refractivity contribution in [2.24, 2.45) is 28.6 Å². The maximum atomic E-state index is 14.7. The largest absolute Gasteiger partial charge is 0.461 e. The summed E-state index contributed by atoms with van der Waals surface area (Å²) in [6.45, 7) is 5.08. The third kappa shape index (κ3) is 7.04. The van der Waals surface area contributed by atoms with E-state index in [1.54, 1.807) is 12.1 Å². The van der Waals surface area contributed by atoms with Crippen LogP contribution in [0.2, 0.25) is 0 Å². The molecule has 0 saturated heterocycles. The van der Waals surface area contributed by atoms with Crippen LogP contribution in [-0.2, 0) is 6.42 Å². The Balaban J connectivity index is 1.09. The van der Waals surface area contributed by atoms with Gasteiger partial charge < -0.3 is 24.3 Å². The van der Waals surface area contributed by atoms with Crippen molar-refractivity contribution < 1.29 is 29.0 Å². The first-order chi connectivity index (χ1) is 27.0. The van der Waals surface area contributed by atoms with Crippen LogP contribution in [0.25, 0.3) is 10.8 Å². The molecule has 2 N–H and O–H groups in total. The molecule has 6 bridgehead atoms. The Morgan fingerprint density at radius 2 is 1.62 bits per heavy atom. The van der Waals surface area contributed by atoms with Crippen molar-refractivity contribution in [1.82, 2.24) is 4.90 Å². The summed E-state index contributed by atoms with van der Waals surface area (Å²) >= 11 is 0. The van der Waals surface area contributed by atoms with Gasteiger partial charge in [-0.1, -0.05) is 61.0 Å². The van der Waals surface area contributed by atoms with Crippen molar-refractivity contribution >= 4 is 22.6 Å². The molecule has 0 spiro atoms. The summed E-state index contributed by atoms with van der Waals surface area (Å²) in [7, 11) is 0. The molecule has 1 heterocycles. The van der Waals surface area contributed by atoms with E-state index < -0.39 is 23.2 Å². The Bertz CT molecular complexity index is 2100. The number of carbonyl (C=O) groups is 2. The van der Waals surface area contributed by atoms with Crippen LogP contribution in [0, 0.1) is 28.6 Å². The molecule has 4 atom stereocenters. The van der Waals surface area contributed by atoms with E-state index in [0.29, 0.717) is 50.0 Å². The van der Waals surface area contributed by atoms with Crippen LogP contribution in [-0.4, -0.2) is 51.8 Å². The number of fused-ring (bicyclic) bond motifs is 9. The highest BCUT2D eigenvalue weighted by molar-refractivity contribution is 6.08. The molecule has 0 radical (unpaired) electrons. The summed E-state index contributed by atoms with van der Waals surface area (Å²) in [6.07, 6.45) is 14.7. The third-order valence-corrected chi connectivity index (χ3v) is 15.0. The second kappa shape index (κ2) is 14.6. The van der Waals surface area contributed by atoms with Gasteiger partial charge in [-0.15, -0.1) is 0 Å². The molecule has 0 unspecified atom stereocenters. The van der Waals surface area contributed by atoms with E-state index in [-0.39, 0.29) is 29.4 Å². The Kier molecular flexibility index (Phi) is 9.77. The Morgan fingerprint density at radius 1 is 0.875 bits per heavy atom. The molecule has 294 valence electrons. The molecule has 1 aromatic heterocycles. The highest BCUT2D eigenvalue weighted by Gasteiger charge is 2.59. The molecule has 1 amide bonds. The average Bonchev–Trinajstić information content (AvgIpc) is 3.79. The molecule has 7 aliphatic rings. The van der Waals surface area contributed by atoms with Gasteiger partial charge in [-0.3, -0.25) is 4.79 Å². The Labute approximate surface area is 331 Å². The number of aliphatic hydroxyl groups is 2. The lowest BCUT2D eigenvalue weighted by Gasteiger charge is -2.58. The lowest BCUT2D eigenvalue weighted by molar-refractivity contribution is -0.101. The van der Waals surface area contributed by atoms with E-state index in [1.807, 2.05) is 53.4 Å². The number of hydrogen-bond acceptors (Lipinski definition) is 6. The number of furan rings is 1. The molecular formula is C49H57NO6. The number of carbonyl (C=O) groups excluding carboxylic acids is 2. The molecule has 3 aromatic carbocycles. The van der Waals surface area contributed by atoms with Crippen molar-refractivity contribution in [3.05, 3.63) is 113 Å². The summed E-state index contributed by atoms with van der Waals surface area (Å²) < 4.78 is 11.9. The molecule has 7 nitrogen and oxygen atoms in total. The Morgan fingerprint density at radius 3 is 2.36 bits per heavy atom. The van der Waals surface area contributed by atoms with Crippen LogP contribution in [0.5, 0.6) is 5.75 Å². The van der Waals surface area contributed by atoms with Gasteiger partial charge >= 0.3 is 6.09 Å². The molecule has 0 aliphatic heterocycles. The quantitative estimate of drug-likeness (QED) is 0.144. The number of aliphatic hydroxyl groups excluding tert-OH is 1. The predicted octanol–water partition coefficient (Wildman–Crippen LogP) is 10.4. The van der Waals surface area contributed by atoms with Crippen LogP contribution in [0.15, 0.2) is 95.1 Å². The minimum Gasteiger partial charge on any atom is -0.461 e. The second-order valence-corrected chi connectivity index (χ2v) is 18.9. The summed E-state index contributed by atoms with van der Waals surface area (Å²) in [5, 5.41) is 26.4. The topological polar surface area (TPSA) is 100 Å². The Hall–Kier alpha value is -4.20. The van der Waals surface area contributed by atoms with Gasteiger partial charge in [-0.05, 0) is 172 Å². The second-order valence-electron chi connectivity index (χ2n) is 18.9. The fourth-order valence-electron chi connectivity index (χ4n) is 12.5. The molecule has 56 heavy (non-hydrogen) atoms. The van der Waals surface area contributed by atoms with Crippen LogP contribution >= 0.6 is 0 Å². The van der Waals surface area contributed by atoms with Crippen molar-refractivity contribution in [2.45, 2.75) is 115 Å². The lowest BCUT2D eigenvalue weighted by Crippen LogP contribution is -2.58. The standard InChI is InChI=1S/C49H57NO6/c1-32-7-5-18-47(2)43(41-16-12-33(24-39(51)14-11-32)25-42(41)45(52)44-10-6-20-55-44)17-19-49(47,54)31-50(30-48-27-34-21-35(28-48)23-36(22-34)29-48)46(53)56-40-15-13-37-8-3-4-9-38(37)26-40/h3-4,6-10,12-13,15-16,20,25-26,34-36,39,43,51,54H,5,11,14,17-19,21-24,27-31H2,1-2H3/t34?,35?,36?,39-,43-,47-,48?,49+/m0/s1. The summed E-state index contributed by atoms with van der Waals surface area (Å²) in [4.78, 5) is 30.8. The van der Waals surface area contributed by atoms with Gasteiger partial charge in [-0.2, -0.15) is 0 Å². The van der Waals surface area contributed by atoms with Crippen LogP contribution < -0.4 is 4.74 Å². The number of nitrogens with zero attached hydrogens (tertiary/aromatic N) is 1. The van der Waals surface area contributed by atoms with Crippen molar-refractivity contribution in [2.75, 3.05) is 13.1 Å². The number of allylic oxidation sites excluding steroid dienone is 2. The van der Waals surface area contributed by atoms with E-state index in [1.165, 1.54) is 31.1 Å². The van der Waals surface area contributed by atoms with E-state index in [0.717, 1.165) is 71.8 Å². The fourth-order valence-corrected chi connectivity index (χ4v) is 12.5. The fraction of sp³-hybridized carbons (Fsp3) is 0.510. The summed E-state index contributed by atoms with van der Waals surface area (Å²) in [6, 6.07) is 23.4. The van der Waals surface area contributed by atoms with Crippen LogP contribution in [0.3, 0.4) is 0 Å². The van der Waals surface area contributed by atoms with Crippen molar-refractivity contribution in [3.63, 3.8) is 0 Å². The zero-order valence-electron chi connectivity index (χ0n) is 33.1. The number of amides is 1. The van der Waals surface area contributed by atoms with Gasteiger partial charge in [0.05, 0.1) is 24.5 Å². The van der Waals surface area contributed by atoms with E-state index in [4.69, 9.17) is 9.15 Å². The number of rotatable bonds is 7. The monoisotopic (exact) mass is 755 g/mol. The van der Waals surface area contributed by atoms with Crippen LogP contribution in [0.1, 0.15) is 124 Å². The molecule has 5 saturated carbocycles. The van der Waals surface area contributed by atoms with Gasteiger partial charge in [0, 0.05) is 17.5 Å². The number of benzene rings is 3. The highest BCUT2D eigenvalue weighted by Crippen LogP contribution is 2.62. The zero-order valence-corrected chi connectivity index (χ0v) is 33.1. The SMILES string of the molecule is CC1=CCC[C@@]2(C)[C@@H](CC[C@@]2(O)CN(CC23CC4CC(CC(C4)C2)C3)C(=O)Oc2ccc3ccccc3c2)c2ccc(cc2C(=O)c2ccco2)C[C@@H](O)CC1. The highest BCUT2D eigenvalue weighted by atomic mass is 16.6. The van der Waals surface area contributed by atoms with E-state index >= 15 is 0 Å². The van der Waals surface area contributed by atoms with Gasteiger partial charge in [0.25, 0.3) is 0 Å². The maximum absolute atomic E-state index is 14.7. The first-order valence-electron chi connectivity index (χ1n) is 21.2. The summed E-state index contributed by atoms with van der Waals surface area (Å²) in [5.41, 5.74) is 1.70. The normalized spacial score (nSPS) is 32.5. The van der Waals surface area contributed by atoms with Gasteiger partial charge in [-0.25, -0.2) is 4.79 Å². The molecule has 5 fully saturated rings. The van der Waals surface area contributed by atoms with Gasteiger partial charge in [0.2, 0.25) is 5.78 Å². The molecule has 7 heteroatoms. The van der Waals surface area contributed by atoms with Gasteiger partial charge in [0.1, 0.15) is 5.75 Å². The van der Waals surface area contributed by atoms with E-state index in [2.05, 4.69) is 32.1 Å². The third-order valence-electron chi connectivity index (χ3n) is 15.0. The summed E-state index contributed by atoms with van der Waals surface area (Å²) in [5.74, 6) is 2.60. The van der Waals surface area contributed by atoms with Crippen molar-refractivity contribution in [1.29, 1.82) is 0 Å². The first-order valence-corrected chi connectivity index (χ1v) is 21.2. The smallest absolute Gasteiger partial charge is 0.415 e. The zero-order chi connectivity index (χ0) is 38.7. The molecule has 4 aromatic rings.